The predicted molar refractivity (Wildman–Crippen MR) is 53.5 cm³/mol. The van der Waals surface area contributed by atoms with Gasteiger partial charge < -0.3 is 10.2 Å². The summed E-state index contributed by atoms with van der Waals surface area (Å²) >= 11 is 0. The summed E-state index contributed by atoms with van der Waals surface area (Å²) in [6, 6.07) is 4.01. The highest BCUT2D eigenvalue weighted by atomic mass is 16.3. The molecule has 0 bridgehead atoms. The molecule has 2 N–H and O–H groups in total. The third kappa shape index (κ3) is 3.20. The third-order valence-electron chi connectivity index (χ3n) is 2.07. The molecule has 0 fully saturated rings. The molecule has 74 valence electrons. The maximum Gasteiger partial charge on any atom is 0.118 e. The van der Waals surface area contributed by atoms with Crippen LogP contribution < -0.4 is 5.73 Å². The van der Waals surface area contributed by atoms with Crippen molar-refractivity contribution in [2.45, 2.75) is 20.4 Å². The zero-order chi connectivity index (χ0) is 9.68. The average Bonchev–Trinajstić information content (AvgIpc) is 2.50. The Balaban J connectivity index is 2.46. The number of aryl methyl sites for hydroxylation is 1. The Hall–Kier alpha value is -0.800. The minimum atomic E-state index is 0.702. The molecule has 0 radical (unpaired) electrons. The van der Waals surface area contributed by atoms with Crippen LogP contribution in [0.4, 0.5) is 0 Å². The molecule has 0 spiro atoms. The standard InChI is InChI=1S/C10H18N2O/c1-3-12(7-6-11)8-10-5-4-9(2)13-10/h4-5H,3,6-8,11H2,1-2H3. The van der Waals surface area contributed by atoms with Crippen LogP contribution in [0.15, 0.2) is 16.5 Å². The fourth-order valence-electron chi connectivity index (χ4n) is 1.32. The van der Waals surface area contributed by atoms with Gasteiger partial charge in [-0.2, -0.15) is 0 Å². The summed E-state index contributed by atoms with van der Waals surface area (Å²) in [5.41, 5.74) is 5.49. The molecule has 3 heteroatoms. The molecule has 0 amide bonds. The lowest BCUT2D eigenvalue weighted by atomic mass is 10.4. The Morgan fingerprint density at radius 1 is 1.46 bits per heavy atom. The number of nitrogens with two attached hydrogens (primary N) is 1. The average molecular weight is 182 g/mol. The first-order valence-corrected chi connectivity index (χ1v) is 4.74. The molecule has 0 aromatic carbocycles. The minimum Gasteiger partial charge on any atom is -0.465 e. The first-order chi connectivity index (χ1) is 6.26. The molecule has 0 atom stereocenters. The lowest BCUT2D eigenvalue weighted by Gasteiger charge is -2.17. The molecule has 1 heterocycles. The fraction of sp³-hybridized carbons (Fsp3) is 0.600. The van der Waals surface area contributed by atoms with Crippen molar-refractivity contribution in [3.63, 3.8) is 0 Å². The fourth-order valence-corrected chi connectivity index (χ4v) is 1.32. The molecule has 0 unspecified atom stereocenters. The van der Waals surface area contributed by atoms with Crippen molar-refractivity contribution in [3.05, 3.63) is 23.7 Å². The number of hydrogen-bond donors (Lipinski definition) is 1. The van der Waals surface area contributed by atoms with Crippen LogP contribution in [-0.2, 0) is 6.54 Å². The van der Waals surface area contributed by atoms with Gasteiger partial charge in [0.05, 0.1) is 6.54 Å². The van der Waals surface area contributed by atoms with Crippen LogP contribution in [0.25, 0.3) is 0 Å². The predicted octanol–water partition coefficient (Wildman–Crippen LogP) is 1.37. The molecule has 1 aromatic rings. The van der Waals surface area contributed by atoms with Crippen molar-refractivity contribution < 1.29 is 4.42 Å². The molecule has 13 heavy (non-hydrogen) atoms. The Bertz CT molecular complexity index is 245. The van der Waals surface area contributed by atoms with Gasteiger partial charge in [-0.15, -0.1) is 0 Å². The van der Waals surface area contributed by atoms with E-state index in [1.54, 1.807) is 0 Å². The SMILES string of the molecule is CCN(CCN)Cc1ccc(C)o1. The lowest BCUT2D eigenvalue weighted by Crippen LogP contribution is -2.28. The number of hydrogen-bond acceptors (Lipinski definition) is 3. The van der Waals surface area contributed by atoms with Gasteiger partial charge in [0.25, 0.3) is 0 Å². The smallest absolute Gasteiger partial charge is 0.118 e. The van der Waals surface area contributed by atoms with E-state index in [9.17, 15) is 0 Å². The van der Waals surface area contributed by atoms with E-state index in [-0.39, 0.29) is 0 Å². The summed E-state index contributed by atoms with van der Waals surface area (Å²) in [6.45, 7) is 7.59. The molecular weight excluding hydrogens is 164 g/mol. The lowest BCUT2D eigenvalue weighted by molar-refractivity contribution is 0.261. The number of likely N-dealkylation sites (N-methyl/N-ethyl adjacent to an activating group) is 1. The molecule has 0 saturated carbocycles. The third-order valence-corrected chi connectivity index (χ3v) is 2.07. The highest BCUT2D eigenvalue weighted by Crippen LogP contribution is 2.08. The molecule has 0 saturated heterocycles. The summed E-state index contributed by atoms with van der Waals surface area (Å²) in [6.07, 6.45) is 0. The van der Waals surface area contributed by atoms with E-state index < -0.39 is 0 Å². The van der Waals surface area contributed by atoms with Gasteiger partial charge >= 0.3 is 0 Å². The Morgan fingerprint density at radius 2 is 2.23 bits per heavy atom. The van der Waals surface area contributed by atoms with Crippen molar-refractivity contribution in [3.8, 4) is 0 Å². The van der Waals surface area contributed by atoms with E-state index >= 15 is 0 Å². The topological polar surface area (TPSA) is 42.4 Å². The van der Waals surface area contributed by atoms with Crippen LogP contribution in [0.2, 0.25) is 0 Å². The molecule has 0 aliphatic rings. The summed E-state index contributed by atoms with van der Waals surface area (Å²) in [7, 11) is 0. The van der Waals surface area contributed by atoms with Crippen LogP contribution in [-0.4, -0.2) is 24.5 Å². The maximum absolute atomic E-state index is 5.49. The van der Waals surface area contributed by atoms with Gasteiger partial charge in [0, 0.05) is 13.1 Å². The number of rotatable bonds is 5. The van der Waals surface area contributed by atoms with Gasteiger partial charge in [-0.3, -0.25) is 4.90 Å². The zero-order valence-corrected chi connectivity index (χ0v) is 8.42. The Morgan fingerprint density at radius 3 is 2.69 bits per heavy atom. The van der Waals surface area contributed by atoms with Crippen LogP contribution in [0.1, 0.15) is 18.4 Å². The van der Waals surface area contributed by atoms with Crippen molar-refractivity contribution in [1.82, 2.24) is 4.90 Å². The highest BCUT2D eigenvalue weighted by Gasteiger charge is 2.04. The van der Waals surface area contributed by atoms with E-state index in [2.05, 4.69) is 11.8 Å². The second-order valence-corrected chi connectivity index (χ2v) is 3.17. The monoisotopic (exact) mass is 182 g/mol. The largest absolute Gasteiger partial charge is 0.465 e. The van der Waals surface area contributed by atoms with Crippen LogP contribution in [0.5, 0.6) is 0 Å². The van der Waals surface area contributed by atoms with Gasteiger partial charge in [-0.05, 0) is 25.6 Å². The summed E-state index contributed by atoms with van der Waals surface area (Å²) in [4.78, 5) is 2.26. The Kier molecular flexibility index (Phi) is 3.99. The van der Waals surface area contributed by atoms with E-state index in [1.807, 2.05) is 19.1 Å². The van der Waals surface area contributed by atoms with Crippen molar-refractivity contribution >= 4 is 0 Å². The first-order valence-electron chi connectivity index (χ1n) is 4.74. The van der Waals surface area contributed by atoms with Crippen LogP contribution in [0.3, 0.4) is 0 Å². The van der Waals surface area contributed by atoms with Crippen LogP contribution >= 0.6 is 0 Å². The van der Waals surface area contributed by atoms with Gasteiger partial charge in [0.15, 0.2) is 0 Å². The Labute approximate surface area is 79.5 Å². The van der Waals surface area contributed by atoms with E-state index in [1.165, 1.54) is 0 Å². The second-order valence-electron chi connectivity index (χ2n) is 3.17. The van der Waals surface area contributed by atoms with E-state index in [0.717, 1.165) is 31.2 Å². The number of nitrogens with zero attached hydrogens (tertiary/aromatic N) is 1. The minimum absolute atomic E-state index is 0.702. The van der Waals surface area contributed by atoms with Gasteiger partial charge in [-0.1, -0.05) is 6.92 Å². The molecule has 0 aliphatic heterocycles. The van der Waals surface area contributed by atoms with Crippen molar-refractivity contribution in [2.24, 2.45) is 5.73 Å². The van der Waals surface area contributed by atoms with Gasteiger partial charge in [0.2, 0.25) is 0 Å². The van der Waals surface area contributed by atoms with E-state index in [0.29, 0.717) is 6.54 Å². The maximum atomic E-state index is 5.49. The van der Waals surface area contributed by atoms with Gasteiger partial charge in [-0.25, -0.2) is 0 Å². The van der Waals surface area contributed by atoms with E-state index in [4.69, 9.17) is 10.2 Å². The summed E-state index contributed by atoms with van der Waals surface area (Å²) in [5, 5.41) is 0. The van der Waals surface area contributed by atoms with Gasteiger partial charge in [0.1, 0.15) is 11.5 Å². The highest BCUT2D eigenvalue weighted by molar-refractivity contribution is 5.05. The molecule has 3 nitrogen and oxygen atoms in total. The van der Waals surface area contributed by atoms with Crippen molar-refractivity contribution in [2.75, 3.05) is 19.6 Å². The molecule has 1 aromatic heterocycles. The number of furan rings is 1. The normalized spacial score (nSPS) is 11.1. The zero-order valence-electron chi connectivity index (χ0n) is 8.42. The molecule has 1 rings (SSSR count). The van der Waals surface area contributed by atoms with Crippen LogP contribution in [0, 0.1) is 6.92 Å². The summed E-state index contributed by atoms with van der Waals surface area (Å²) < 4.78 is 5.48. The molecular formula is C10H18N2O. The first kappa shape index (κ1) is 10.3. The second kappa shape index (κ2) is 5.04. The quantitative estimate of drug-likeness (QED) is 0.747. The summed E-state index contributed by atoms with van der Waals surface area (Å²) in [5.74, 6) is 1.99. The van der Waals surface area contributed by atoms with Crippen molar-refractivity contribution in [1.29, 1.82) is 0 Å². The molecule has 0 aliphatic carbocycles.